The Bertz CT molecular complexity index is 270. The number of aliphatic hydroxyl groups excluding tert-OH is 2. The highest BCUT2D eigenvalue weighted by Gasteiger charge is 2.40. The fourth-order valence-electron chi connectivity index (χ4n) is 1.56. The summed E-state index contributed by atoms with van der Waals surface area (Å²) in [5.41, 5.74) is 0. The van der Waals surface area contributed by atoms with Crippen LogP contribution in [0.5, 0.6) is 0 Å². The van der Waals surface area contributed by atoms with E-state index in [4.69, 9.17) is 14.2 Å². The summed E-state index contributed by atoms with van der Waals surface area (Å²) >= 11 is 0. The maximum atomic E-state index is 9.46. The van der Waals surface area contributed by atoms with Crippen molar-refractivity contribution in [2.24, 2.45) is 0 Å². The van der Waals surface area contributed by atoms with Crippen molar-refractivity contribution in [3.05, 3.63) is 11.5 Å². The van der Waals surface area contributed by atoms with Crippen LogP contribution in [0, 0.1) is 0 Å². The molecule has 2 N–H and O–H groups in total. The van der Waals surface area contributed by atoms with E-state index in [0.29, 0.717) is 12.4 Å². The lowest BCUT2D eigenvalue weighted by Gasteiger charge is -2.17. The highest BCUT2D eigenvalue weighted by molar-refractivity contribution is 5.15. The molecule has 0 saturated carbocycles. The number of ether oxygens (including phenoxy) is 3. The lowest BCUT2D eigenvalue weighted by molar-refractivity contribution is -0.138. The van der Waals surface area contributed by atoms with Crippen LogP contribution in [0.4, 0.5) is 0 Å². The fourth-order valence-corrected chi connectivity index (χ4v) is 1.56. The molecule has 0 unspecified atom stereocenters. The van der Waals surface area contributed by atoms with E-state index in [1.165, 1.54) is 0 Å². The first-order valence-electron chi connectivity index (χ1n) is 4.55. The highest BCUT2D eigenvalue weighted by atomic mass is 16.7. The van der Waals surface area contributed by atoms with Crippen LogP contribution < -0.4 is 0 Å². The summed E-state index contributed by atoms with van der Waals surface area (Å²) in [4.78, 5) is 0. The van der Waals surface area contributed by atoms with Gasteiger partial charge in [-0.25, -0.2) is 0 Å². The average molecular weight is 202 g/mol. The molecule has 14 heavy (non-hydrogen) atoms. The Morgan fingerprint density at radius 3 is 2.50 bits per heavy atom. The van der Waals surface area contributed by atoms with Crippen LogP contribution in [-0.4, -0.2) is 41.4 Å². The maximum Gasteiger partial charge on any atom is 0.168 e. The van der Waals surface area contributed by atoms with Gasteiger partial charge in [-0.15, -0.1) is 0 Å². The zero-order valence-electron chi connectivity index (χ0n) is 8.19. The van der Waals surface area contributed by atoms with Gasteiger partial charge >= 0.3 is 0 Å². The minimum atomic E-state index is -0.933. The topological polar surface area (TPSA) is 68.2 Å². The second kappa shape index (κ2) is 3.12. The minimum absolute atomic E-state index is 0.0848. The molecule has 5 heteroatoms. The van der Waals surface area contributed by atoms with Gasteiger partial charge < -0.3 is 24.4 Å². The summed E-state index contributed by atoms with van der Waals surface area (Å²) in [5, 5.41) is 18.7. The third kappa shape index (κ3) is 1.58. The van der Waals surface area contributed by atoms with E-state index >= 15 is 0 Å². The number of aliphatic hydroxyl groups is 2. The molecule has 0 aromatic heterocycles. The van der Waals surface area contributed by atoms with Crippen LogP contribution in [0.1, 0.15) is 13.8 Å². The van der Waals surface area contributed by atoms with Crippen LogP contribution in [0.3, 0.4) is 0 Å². The Hall–Kier alpha value is -0.780. The Kier molecular flexibility index (Phi) is 2.17. The van der Waals surface area contributed by atoms with E-state index in [-0.39, 0.29) is 12.4 Å². The molecule has 0 aromatic carbocycles. The number of hydrogen-bond donors (Lipinski definition) is 2. The molecule has 0 radical (unpaired) electrons. The summed E-state index contributed by atoms with van der Waals surface area (Å²) in [5.74, 6) is -0.506. The summed E-state index contributed by atoms with van der Waals surface area (Å²) in [6.45, 7) is 3.99. The van der Waals surface area contributed by atoms with Gasteiger partial charge in [-0.05, 0) is 13.8 Å². The number of hydrogen-bond acceptors (Lipinski definition) is 5. The summed E-state index contributed by atoms with van der Waals surface area (Å²) in [6.07, 6.45) is -1.35. The molecule has 0 aromatic rings. The normalized spacial score (nSPS) is 36.2. The average Bonchev–Trinajstić information content (AvgIpc) is 2.59. The molecule has 0 bridgehead atoms. The Morgan fingerprint density at radius 1 is 1.36 bits per heavy atom. The van der Waals surface area contributed by atoms with Crippen molar-refractivity contribution in [3.63, 3.8) is 0 Å². The molecule has 0 amide bonds. The molecular weight excluding hydrogens is 188 g/mol. The summed E-state index contributed by atoms with van der Waals surface area (Å²) in [6, 6.07) is 0. The van der Waals surface area contributed by atoms with E-state index < -0.39 is 18.0 Å². The Labute approximate surface area is 81.9 Å². The smallest absolute Gasteiger partial charge is 0.168 e. The van der Waals surface area contributed by atoms with Crippen LogP contribution in [-0.2, 0) is 14.2 Å². The fraction of sp³-hybridized carbons (Fsp3) is 0.778. The monoisotopic (exact) mass is 202 g/mol. The quantitative estimate of drug-likeness (QED) is 0.640. The van der Waals surface area contributed by atoms with Crippen LogP contribution in [0.2, 0.25) is 0 Å². The molecule has 80 valence electrons. The van der Waals surface area contributed by atoms with Gasteiger partial charge in [0.2, 0.25) is 0 Å². The Morgan fingerprint density at radius 2 is 2.07 bits per heavy atom. The standard InChI is InChI=1S/C9H14O5/c1-9(2)13-4-6(14-9)8-7(11)5(10)3-12-8/h5-6,10-11H,3-4H2,1-2H3/t5-,6+/m0/s1. The number of rotatable bonds is 1. The summed E-state index contributed by atoms with van der Waals surface area (Å²) < 4.78 is 15.9. The molecule has 1 fully saturated rings. The van der Waals surface area contributed by atoms with E-state index in [9.17, 15) is 10.2 Å². The van der Waals surface area contributed by atoms with Crippen molar-refractivity contribution in [3.8, 4) is 0 Å². The highest BCUT2D eigenvalue weighted by Crippen LogP contribution is 2.31. The van der Waals surface area contributed by atoms with Crippen molar-refractivity contribution < 1.29 is 24.4 Å². The minimum Gasteiger partial charge on any atom is -0.506 e. The van der Waals surface area contributed by atoms with E-state index in [2.05, 4.69) is 0 Å². The second-order valence-corrected chi connectivity index (χ2v) is 3.89. The van der Waals surface area contributed by atoms with E-state index in [1.807, 2.05) is 0 Å². The van der Waals surface area contributed by atoms with Gasteiger partial charge in [0.25, 0.3) is 0 Å². The molecule has 1 saturated heterocycles. The van der Waals surface area contributed by atoms with Crippen molar-refractivity contribution in [1.82, 2.24) is 0 Å². The van der Waals surface area contributed by atoms with Gasteiger partial charge in [0.15, 0.2) is 17.3 Å². The first-order chi connectivity index (χ1) is 6.49. The third-order valence-electron chi connectivity index (χ3n) is 2.27. The van der Waals surface area contributed by atoms with Gasteiger partial charge in [-0.2, -0.15) is 0 Å². The van der Waals surface area contributed by atoms with Gasteiger partial charge in [-0.1, -0.05) is 0 Å². The molecule has 2 atom stereocenters. The van der Waals surface area contributed by atoms with Gasteiger partial charge in [0.1, 0.15) is 18.8 Å². The predicted molar refractivity (Wildman–Crippen MR) is 46.5 cm³/mol. The van der Waals surface area contributed by atoms with Gasteiger partial charge in [0, 0.05) is 0 Å². The Balaban J connectivity index is 2.11. The zero-order valence-corrected chi connectivity index (χ0v) is 8.19. The van der Waals surface area contributed by atoms with Gasteiger partial charge in [0.05, 0.1) is 6.61 Å². The lowest BCUT2D eigenvalue weighted by atomic mass is 10.2. The molecule has 2 rings (SSSR count). The van der Waals surface area contributed by atoms with Crippen molar-refractivity contribution in [1.29, 1.82) is 0 Å². The largest absolute Gasteiger partial charge is 0.506 e. The first kappa shape index (κ1) is 9.76. The van der Waals surface area contributed by atoms with Gasteiger partial charge in [-0.3, -0.25) is 0 Å². The summed E-state index contributed by atoms with van der Waals surface area (Å²) in [7, 11) is 0. The van der Waals surface area contributed by atoms with Crippen molar-refractivity contribution in [2.75, 3.05) is 13.2 Å². The van der Waals surface area contributed by atoms with Crippen molar-refractivity contribution >= 4 is 0 Å². The van der Waals surface area contributed by atoms with Crippen LogP contribution in [0.15, 0.2) is 11.5 Å². The van der Waals surface area contributed by atoms with Crippen LogP contribution in [0.25, 0.3) is 0 Å². The third-order valence-corrected chi connectivity index (χ3v) is 2.27. The molecule has 0 aliphatic carbocycles. The lowest BCUT2D eigenvalue weighted by Crippen LogP contribution is -2.22. The molecule has 2 heterocycles. The zero-order chi connectivity index (χ0) is 10.3. The molecule has 0 spiro atoms. The molecule has 2 aliphatic rings. The molecular formula is C9H14O5. The molecule has 2 aliphatic heterocycles. The second-order valence-electron chi connectivity index (χ2n) is 3.89. The van der Waals surface area contributed by atoms with E-state index in [0.717, 1.165) is 0 Å². The SMILES string of the molecule is CC1(C)OC[C@H](C2=C(O)[C@@H](O)CO2)O1. The predicted octanol–water partition coefficient (Wildman–Crippen LogP) is 0.299. The van der Waals surface area contributed by atoms with E-state index in [1.54, 1.807) is 13.8 Å². The van der Waals surface area contributed by atoms with Crippen molar-refractivity contribution in [2.45, 2.75) is 31.8 Å². The van der Waals surface area contributed by atoms with Crippen LogP contribution >= 0.6 is 0 Å². The molecule has 5 nitrogen and oxygen atoms in total. The first-order valence-corrected chi connectivity index (χ1v) is 4.55. The maximum absolute atomic E-state index is 9.46.